The highest BCUT2D eigenvalue weighted by Crippen LogP contribution is 2.25. The summed E-state index contributed by atoms with van der Waals surface area (Å²) in [7, 11) is 0. The minimum atomic E-state index is -0.723. The maximum atomic E-state index is 12.9. The molecule has 88 valence electrons. The molecule has 0 radical (unpaired) electrons. The molecule has 6 heteroatoms. The Morgan fingerprint density at radius 3 is 2.41 bits per heavy atom. The molecule has 4 nitrogen and oxygen atoms in total. The van der Waals surface area contributed by atoms with E-state index in [2.05, 4.69) is 9.97 Å². The molecule has 0 spiro atoms. The molecule has 0 aliphatic rings. The van der Waals surface area contributed by atoms with E-state index in [0.29, 0.717) is 5.56 Å². The van der Waals surface area contributed by atoms with Crippen LogP contribution in [0.3, 0.4) is 0 Å². The van der Waals surface area contributed by atoms with Crippen molar-refractivity contribution in [1.29, 1.82) is 0 Å². The van der Waals surface area contributed by atoms with Gasteiger partial charge in [-0.05, 0) is 6.92 Å². The van der Waals surface area contributed by atoms with Crippen LogP contribution >= 0.6 is 0 Å². The zero-order valence-electron chi connectivity index (χ0n) is 8.95. The van der Waals surface area contributed by atoms with Crippen LogP contribution in [0.15, 0.2) is 24.5 Å². The van der Waals surface area contributed by atoms with Crippen LogP contribution in [0.25, 0.3) is 0 Å². The minimum Gasteiger partial charge on any atom is -0.438 e. The zero-order chi connectivity index (χ0) is 12.4. The summed E-state index contributed by atoms with van der Waals surface area (Å²) in [5, 5.41) is 0. The topological polar surface area (TPSA) is 61.0 Å². The van der Waals surface area contributed by atoms with Crippen molar-refractivity contribution in [3.8, 4) is 11.6 Å². The van der Waals surface area contributed by atoms with Crippen LogP contribution in [-0.2, 0) is 0 Å². The first-order valence-corrected chi connectivity index (χ1v) is 4.77. The molecule has 0 aliphatic heterocycles. The number of ether oxygens (including phenoxy) is 1. The Kier molecular flexibility index (Phi) is 2.86. The van der Waals surface area contributed by atoms with Crippen molar-refractivity contribution < 1.29 is 13.5 Å². The summed E-state index contributed by atoms with van der Waals surface area (Å²) in [4.78, 5) is 7.59. The lowest BCUT2D eigenvalue weighted by atomic mass is 10.3. The normalized spacial score (nSPS) is 10.3. The van der Waals surface area contributed by atoms with Gasteiger partial charge in [0.05, 0.1) is 5.56 Å². The lowest BCUT2D eigenvalue weighted by molar-refractivity contribution is 0.447. The molecule has 0 bridgehead atoms. The SMILES string of the molecule is Cc1c(N)ncnc1Oc1cc(F)cc(F)c1. The van der Waals surface area contributed by atoms with Crippen molar-refractivity contribution in [3.63, 3.8) is 0 Å². The van der Waals surface area contributed by atoms with Gasteiger partial charge in [0.25, 0.3) is 0 Å². The van der Waals surface area contributed by atoms with Gasteiger partial charge in [-0.3, -0.25) is 0 Å². The van der Waals surface area contributed by atoms with Crippen LogP contribution in [-0.4, -0.2) is 9.97 Å². The zero-order valence-corrected chi connectivity index (χ0v) is 8.95. The molecule has 0 amide bonds. The Bertz CT molecular complexity index is 540. The molecule has 1 aromatic carbocycles. The summed E-state index contributed by atoms with van der Waals surface area (Å²) in [5.41, 5.74) is 6.07. The Labute approximate surface area is 96.1 Å². The molecule has 0 atom stereocenters. The standard InChI is InChI=1S/C11H9F2N3O/c1-6-10(14)15-5-16-11(6)17-9-3-7(12)2-8(13)4-9/h2-5H,1H3,(H2,14,15,16). The van der Waals surface area contributed by atoms with Crippen molar-refractivity contribution in [2.75, 3.05) is 5.73 Å². The fourth-order valence-electron chi connectivity index (χ4n) is 1.25. The minimum absolute atomic E-state index is 0.0173. The summed E-state index contributed by atoms with van der Waals surface area (Å²) in [6.45, 7) is 1.65. The van der Waals surface area contributed by atoms with Crippen molar-refractivity contribution in [2.45, 2.75) is 6.92 Å². The van der Waals surface area contributed by atoms with Gasteiger partial charge in [0, 0.05) is 18.2 Å². The number of nitrogens with two attached hydrogens (primary N) is 1. The molecule has 0 unspecified atom stereocenters. The Balaban J connectivity index is 2.34. The number of nitrogen functional groups attached to an aromatic ring is 1. The molecule has 0 saturated carbocycles. The number of hydrogen-bond acceptors (Lipinski definition) is 4. The summed E-state index contributed by atoms with van der Waals surface area (Å²) in [6.07, 6.45) is 1.22. The molecule has 0 fully saturated rings. The third-order valence-electron chi connectivity index (χ3n) is 2.13. The number of rotatable bonds is 2. The molecule has 2 N–H and O–H groups in total. The van der Waals surface area contributed by atoms with Crippen molar-refractivity contribution >= 4 is 5.82 Å². The number of anilines is 1. The van der Waals surface area contributed by atoms with Crippen LogP contribution in [0.4, 0.5) is 14.6 Å². The molecule has 1 heterocycles. The van der Waals surface area contributed by atoms with E-state index >= 15 is 0 Å². The van der Waals surface area contributed by atoms with Crippen LogP contribution in [0.5, 0.6) is 11.6 Å². The monoisotopic (exact) mass is 237 g/mol. The van der Waals surface area contributed by atoms with E-state index in [1.165, 1.54) is 6.33 Å². The molecule has 2 aromatic rings. The first-order chi connectivity index (χ1) is 8.06. The van der Waals surface area contributed by atoms with E-state index in [1.807, 2.05) is 0 Å². The number of nitrogens with zero attached hydrogens (tertiary/aromatic N) is 2. The first-order valence-electron chi connectivity index (χ1n) is 4.77. The maximum Gasteiger partial charge on any atom is 0.227 e. The molecular formula is C11H9F2N3O. The third kappa shape index (κ3) is 2.47. The average Bonchev–Trinajstić information content (AvgIpc) is 2.23. The maximum absolute atomic E-state index is 12.9. The van der Waals surface area contributed by atoms with Gasteiger partial charge in [0.1, 0.15) is 29.5 Å². The number of aromatic nitrogens is 2. The fourth-order valence-corrected chi connectivity index (χ4v) is 1.25. The Morgan fingerprint density at radius 2 is 1.76 bits per heavy atom. The van der Waals surface area contributed by atoms with Gasteiger partial charge < -0.3 is 10.5 Å². The van der Waals surface area contributed by atoms with Gasteiger partial charge >= 0.3 is 0 Å². The van der Waals surface area contributed by atoms with E-state index in [1.54, 1.807) is 6.92 Å². The van der Waals surface area contributed by atoms with Crippen LogP contribution in [0.2, 0.25) is 0 Å². The van der Waals surface area contributed by atoms with E-state index < -0.39 is 11.6 Å². The van der Waals surface area contributed by atoms with E-state index in [0.717, 1.165) is 18.2 Å². The average molecular weight is 237 g/mol. The predicted octanol–water partition coefficient (Wildman–Crippen LogP) is 2.44. The predicted molar refractivity (Wildman–Crippen MR) is 57.6 cm³/mol. The molecule has 0 saturated heterocycles. The second-order valence-electron chi connectivity index (χ2n) is 3.40. The molecule has 2 rings (SSSR count). The van der Waals surface area contributed by atoms with Crippen LogP contribution in [0, 0.1) is 18.6 Å². The summed E-state index contributed by atoms with van der Waals surface area (Å²) in [5.74, 6) is -1.00. The fraction of sp³-hybridized carbons (Fsp3) is 0.0909. The number of halogens is 2. The van der Waals surface area contributed by atoms with Gasteiger partial charge in [-0.2, -0.15) is 0 Å². The van der Waals surface area contributed by atoms with Gasteiger partial charge in [-0.15, -0.1) is 0 Å². The second kappa shape index (κ2) is 4.32. The highest BCUT2D eigenvalue weighted by atomic mass is 19.1. The summed E-state index contributed by atoms with van der Waals surface area (Å²) >= 11 is 0. The summed E-state index contributed by atoms with van der Waals surface area (Å²) < 4.78 is 31.1. The highest BCUT2D eigenvalue weighted by molar-refractivity contribution is 5.44. The Hall–Kier alpha value is -2.24. The van der Waals surface area contributed by atoms with Gasteiger partial charge in [-0.25, -0.2) is 18.7 Å². The molecular weight excluding hydrogens is 228 g/mol. The van der Waals surface area contributed by atoms with E-state index in [9.17, 15) is 8.78 Å². The van der Waals surface area contributed by atoms with Gasteiger partial charge in [0.15, 0.2) is 0 Å². The highest BCUT2D eigenvalue weighted by Gasteiger charge is 2.08. The smallest absolute Gasteiger partial charge is 0.227 e. The first kappa shape index (κ1) is 11.3. The largest absolute Gasteiger partial charge is 0.438 e. The van der Waals surface area contributed by atoms with Crippen molar-refractivity contribution in [1.82, 2.24) is 9.97 Å². The van der Waals surface area contributed by atoms with Crippen LogP contribution in [0.1, 0.15) is 5.56 Å². The van der Waals surface area contributed by atoms with E-state index in [4.69, 9.17) is 10.5 Å². The van der Waals surface area contributed by atoms with Gasteiger partial charge in [-0.1, -0.05) is 0 Å². The number of hydrogen-bond donors (Lipinski definition) is 1. The quantitative estimate of drug-likeness (QED) is 0.871. The molecule has 0 aliphatic carbocycles. The molecule has 17 heavy (non-hydrogen) atoms. The second-order valence-corrected chi connectivity index (χ2v) is 3.40. The summed E-state index contributed by atoms with van der Waals surface area (Å²) in [6, 6.07) is 2.87. The van der Waals surface area contributed by atoms with Crippen molar-refractivity contribution in [2.24, 2.45) is 0 Å². The third-order valence-corrected chi connectivity index (χ3v) is 2.13. The van der Waals surface area contributed by atoms with E-state index in [-0.39, 0.29) is 17.4 Å². The molecule has 1 aromatic heterocycles. The lowest BCUT2D eigenvalue weighted by Crippen LogP contribution is -1.99. The Morgan fingerprint density at radius 1 is 1.12 bits per heavy atom. The lowest BCUT2D eigenvalue weighted by Gasteiger charge is -2.08. The van der Waals surface area contributed by atoms with Crippen LogP contribution < -0.4 is 10.5 Å². The van der Waals surface area contributed by atoms with Crippen molar-refractivity contribution in [3.05, 3.63) is 41.7 Å². The van der Waals surface area contributed by atoms with Gasteiger partial charge in [0.2, 0.25) is 5.88 Å². The number of benzene rings is 1.